The van der Waals surface area contributed by atoms with Crippen LogP contribution in [0.15, 0.2) is 35.9 Å². The van der Waals surface area contributed by atoms with E-state index in [1.165, 1.54) is 12.1 Å². The third-order valence-electron chi connectivity index (χ3n) is 3.91. The second-order valence-corrected chi connectivity index (χ2v) is 6.61. The van der Waals surface area contributed by atoms with E-state index in [-0.39, 0.29) is 45.9 Å². The zero-order chi connectivity index (χ0) is 19.2. The molecule has 1 unspecified atom stereocenters. The zero-order valence-corrected chi connectivity index (χ0v) is 17.7. The Morgan fingerprint density at radius 2 is 1.85 bits per heavy atom. The van der Waals surface area contributed by atoms with Crippen molar-refractivity contribution in [3.8, 4) is 16.9 Å². The van der Waals surface area contributed by atoms with Crippen LogP contribution in [0.25, 0.3) is 17.2 Å². The molecule has 0 fully saturated rings. The molecule has 9 heteroatoms. The summed E-state index contributed by atoms with van der Waals surface area (Å²) in [6.45, 7) is 1.75. The first-order valence-corrected chi connectivity index (χ1v) is 8.10. The number of ether oxygens (including phenoxy) is 1. The predicted octanol–water partition coefficient (Wildman–Crippen LogP) is 1.43. The molecule has 0 saturated carbocycles. The molecule has 1 heterocycles. The van der Waals surface area contributed by atoms with Gasteiger partial charge >= 0.3 is 35.7 Å². The third kappa shape index (κ3) is 4.46. The van der Waals surface area contributed by atoms with Gasteiger partial charge in [0.25, 0.3) is 0 Å². The summed E-state index contributed by atoms with van der Waals surface area (Å²) < 4.78 is 44.9. The van der Waals surface area contributed by atoms with Gasteiger partial charge in [-0.25, -0.2) is 0 Å². The summed E-state index contributed by atoms with van der Waals surface area (Å²) in [4.78, 5) is 11.1. The number of fused-ring (bicyclic) bond motifs is 1. The van der Waals surface area contributed by atoms with Gasteiger partial charge in [-0.15, -0.1) is 0 Å². The number of aliphatic carboxylic acids is 1. The van der Waals surface area contributed by atoms with E-state index in [4.69, 9.17) is 27.9 Å². The molecule has 0 spiro atoms. The van der Waals surface area contributed by atoms with E-state index in [1.54, 1.807) is 25.1 Å². The summed E-state index contributed by atoms with van der Waals surface area (Å²) in [5, 5.41) is 11.9. The largest absolute Gasteiger partial charge is 1.00 e. The zero-order valence-electron chi connectivity index (χ0n) is 14.2. The first-order valence-electron chi connectivity index (χ1n) is 7.34. The Hall–Kier alpha value is -1.18. The predicted molar refractivity (Wildman–Crippen MR) is 90.1 cm³/mol. The van der Waals surface area contributed by atoms with E-state index < -0.39 is 23.8 Å². The van der Waals surface area contributed by atoms with Crippen molar-refractivity contribution in [3.63, 3.8) is 0 Å². The Bertz CT molecular complexity index is 942. The van der Waals surface area contributed by atoms with Crippen molar-refractivity contribution in [1.82, 2.24) is 0 Å². The summed E-state index contributed by atoms with van der Waals surface area (Å²) >= 11 is 12.1. The second-order valence-electron chi connectivity index (χ2n) is 5.76. The molecule has 0 aliphatic carbocycles. The minimum absolute atomic E-state index is 0. The normalized spacial score (nSPS) is 15.9. The SMILES string of the molecule is Cc1cc(-c2cc(Cl)cc3c2OC(C(F)(F)F)C(C(=O)[O-])=C3)ccc1Cl.[Na+]. The van der Waals surface area contributed by atoms with Crippen LogP contribution >= 0.6 is 23.2 Å². The van der Waals surface area contributed by atoms with E-state index in [0.29, 0.717) is 21.7 Å². The van der Waals surface area contributed by atoms with Gasteiger partial charge in [-0.3, -0.25) is 0 Å². The van der Waals surface area contributed by atoms with Gasteiger partial charge in [0.2, 0.25) is 6.10 Å². The number of halogens is 5. The van der Waals surface area contributed by atoms with Crippen LogP contribution in [0.4, 0.5) is 13.2 Å². The van der Waals surface area contributed by atoms with Crippen LogP contribution < -0.4 is 39.4 Å². The monoisotopic (exact) mass is 424 g/mol. The maximum atomic E-state index is 13.3. The quantitative estimate of drug-likeness (QED) is 0.685. The van der Waals surface area contributed by atoms with E-state index in [2.05, 4.69) is 0 Å². The van der Waals surface area contributed by atoms with E-state index in [9.17, 15) is 23.1 Å². The molecule has 3 nitrogen and oxygen atoms in total. The first-order chi connectivity index (χ1) is 12.1. The fraction of sp³-hybridized carbons (Fsp3) is 0.167. The summed E-state index contributed by atoms with van der Waals surface area (Å²) in [6.07, 6.45) is -6.67. The number of carboxylic acid groups (broad SMARTS) is 1. The average molecular weight is 425 g/mol. The Morgan fingerprint density at radius 1 is 1.19 bits per heavy atom. The van der Waals surface area contributed by atoms with Gasteiger partial charge < -0.3 is 14.6 Å². The molecule has 0 radical (unpaired) electrons. The molecule has 3 rings (SSSR count). The van der Waals surface area contributed by atoms with Crippen LogP contribution in [-0.4, -0.2) is 18.2 Å². The number of carbonyl (C=O) groups is 1. The number of alkyl halides is 3. The van der Waals surface area contributed by atoms with Crippen LogP contribution in [-0.2, 0) is 4.79 Å². The van der Waals surface area contributed by atoms with Crippen molar-refractivity contribution in [2.45, 2.75) is 19.2 Å². The molecule has 1 aliphatic heterocycles. The van der Waals surface area contributed by atoms with E-state index in [0.717, 1.165) is 6.08 Å². The van der Waals surface area contributed by atoms with Crippen molar-refractivity contribution in [2.75, 3.05) is 0 Å². The van der Waals surface area contributed by atoms with Gasteiger partial charge in [-0.05, 0) is 48.4 Å². The fourth-order valence-electron chi connectivity index (χ4n) is 2.71. The van der Waals surface area contributed by atoms with Crippen LogP contribution in [0.3, 0.4) is 0 Å². The Morgan fingerprint density at radius 3 is 2.41 bits per heavy atom. The number of carboxylic acids is 1. The molecule has 0 bridgehead atoms. The van der Waals surface area contributed by atoms with Crippen molar-refractivity contribution in [1.29, 1.82) is 0 Å². The van der Waals surface area contributed by atoms with Crippen LogP contribution in [0, 0.1) is 6.92 Å². The minimum Gasteiger partial charge on any atom is -0.545 e. The molecule has 0 aromatic heterocycles. The molecule has 2 aromatic rings. The topological polar surface area (TPSA) is 49.4 Å². The van der Waals surface area contributed by atoms with Gasteiger partial charge in [0.05, 0.1) is 5.97 Å². The molecule has 27 heavy (non-hydrogen) atoms. The molecule has 136 valence electrons. The summed E-state index contributed by atoms with van der Waals surface area (Å²) in [7, 11) is 0. The summed E-state index contributed by atoms with van der Waals surface area (Å²) in [6, 6.07) is 7.68. The van der Waals surface area contributed by atoms with Crippen LogP contribution in [0.5, 0.6) is 5.75 Å². The number of hydrogen-bond acceptors (Lipinski definition) is 3. The Kier molecular flexibility index (Phi) is 6.59. The smallest absolute Gasteiger partial charge is 0.545 e. The molecule has 0 N–H and O–H groups in total. The summed E-state index contributed by atoms with van der Waals surface area (Å²) in [5.74, 6) is -2.06. The molecule has 0 amide bonds. The van der Waals surface area contributed by atoms with Crippen molar-refractivity contribution in [2.24, 2.45) is 0 Å². The van der Waals surface area contributed by atoms with Crippen molar-refractivity contribution >= 4 is 35.2 Å². The van der Waals surface area contributed by atoms with Crippen molar-refractivity contribution < 1.29 is 57.4 Å². The number of benzene rings is 2. The Balaban J connectivity index is 0.00000261. The number of aryl methyl sites for hydroxylation is 1. The fourth-order valence-corrected chi connectivity index (χ4v) is 3.06. The van der Waals surface area contributed by atoms with Crippen molar-refractivity contribution in [3.05, 3.63) is 57.1 Å². The van der Waals surface area contributed by atoms with Gasteiger partial charge in [-0.1, -0.05) is 29.3 Å². The Labute approximate surface area is 185 Å². The maximum Gasteiger partial charge on any atom is 1.00 e. The summed E-state index contributed by atoms with van der Waals surface area (Å²) in [5.41, 5.74) is 0.671. The van der Waals surface area contributed by atoms with E-state index >= 15 is 0 Å². The molecular weight excluding hydrogens is 415 g/mol. The van der Waals surface area contributed by atoms with Crippen LogP contribution in [0.2, 0.25) is 10.0 Å². The van der Waals surface area contributed by atoms with Gasteiger partial charge in [0, 0.05) is 26.7 Å². The standard InChI is InChI=1S/C18H11Cl2F3O3.Na/c1-8-4-9(2-3-14(8)20)12-7-11(19)5-10-6-13(17(24)25)16(18(21,22)23)26-15(10)12;/h2-7,16H,1H3,(H,24,25);/q;+1/p-1. The van der Waals surface area contributed by atoms with E-state index in [1.807, 2.05) is 0 Å². The molecule has 1 aliphatic rings. The molecular formula is C18H10Cl2F3NaO3. The van der Waals surface area contributed by atoms with Gasteiger partial charge in [-0.2, -0.15) is 13.2 Å². The van der Waals surface area contributed by atoms with Gasteiger partial charge in [0.15, 0.2) is 0 Å². The number of hydrogen-bond donors (Lipinski definition) is 0. The second kappa shape index (κ2) is 8.05. The van der Waals surface area contributed by atoms with Crippen LogP contribution in [0.1, 0.15) is 11.1 Å². The maximum absolute atomic E-state index is 13.3. The third-order valence-corrected chi connectivity index (χ3v) is 4.56. The molecule has 1 atom stereocenters. The number of rotatable bonds is 2. The van der Waals surface area contributed by atoms with Gasteiger partial charge in [0.1, 0.15) is 5.75 Å². The minimum atomic E-state index is -4.92. The first kappa shape index (κ1) is 22.1. The molecule has 0 saturated heterocycles. The average Bonchev–Trinajstić information content (AvgIpc) is 2.54. The number of carbonyl (C=O) groups excluding carboxylic acids is 1. The molecule has 2 aromatic carbocycles.